The van der Waals surface area contributed by atoms with Crippen LogP contribution < -0.4 is 15.4 Å². The van der Waals surface area contributed by atoms with Gasteiger partial charge in [0.2, 0.25) is 0 Å². The van der Waals surface area contributed by atoms with Gasteiger partial charge < -0.3 is 24.8 Å². The molecule has 2 rings (SSSR count). The van der Waals surface area contributed by atoms with E-state index in [1.54, 1.807) is 13.2 Å². The minimum Gasteiger partial charge on any atom is -0.490 e. The van der Waals surface area contributed by atoms with Gasteiger partial charge in [-0.15, -0.1) is 24.0 Å². The van der Waals surface area contributed by atoms with E-state index in [0.29, 0.717) is 50.6 Å². The van der Waals surface area contributed by atoms with Crippen LogP contribution in [0.15, 0.2) is 23.2 Å². The zero-order chi connectivity index (χ0) is 20.2. The van der Waals surface area contributed by atoms with E-state index in [1.807, 2.05) is 19.9 Å². The number of benzene rings is 1. The number of ether oxygens (including phenoxy) is 3. The third kappa shape index (κ3) is 10.5. The smallest absolute Gasteiger partial charge is 0.191 e. The van der Waals surface area contributed by atoms with E-state index in [4.69, 9.17) is 14.2 Å². The molecule has 1 aromatic rings. The summed E-state index contributed by atoms with van der Waals surface area (Å²) in [6.45, 7) is 7.86. The van der Waals surface area contributed by atoms with Gasteiger partial charge in [-0.05, 0) is 56.7 Å². The highest BCUT2D eigenvalue weighted by Crippen LogP contribution is 2.30. The minimum absolute atomic E-state index is 0. The fourth-order valence-electron chi connectivity index (χ4n) is 2.61. The molecule has 0 spiro atoms. The van der Waals surface area contributed by atoms with Gasteiger partial charge in [0.25, 0.3) is 0 Å². The number of methoxy groups -OCH3 is 1. The lowest BCUT2D eigenvalue weighted by Crippen LogP contribution is -2.38. The first-order chi connectivity index (χ1) is 13.6. The average molecular weight is 523 g/mol. The highest BCUT2D eigenvalue weighted by Gasteiger charge is 2.22. The summed E-state index contributed by atoms with van der Waals surface area (Å²) in [5.41, 5.74) is 0.852. The molecule has 6 nitrogen and oxygen atoms in total. The molecule has 0 aromatic heterocycles. The molecule has 2 N–H and O–H groups in total. The van der Waals surface area contributed by atoms with Crippen molar-refractivity contribution < 1.29 is 18.6 Å². The van der Waals surface area contributed by atoms with Gasteiger partial charge in [-0.2, -0.15) is 0 Å². The first-order valence-corrected chi connectivity index (χ1v) is 10.2. The summed E-state index contributed by atoms with van der Waals surface area (Å²) >= 11 is 0. The van der Waals surface area contributed by atoms with Crippen molar-refractivity contribution in [1.29, 1.82) is 0 Å². The van der Waals surface area contributed by atoms with Crippen LogP contribution in [0, 0.1) is 11.7 Å². The van der Waals surface area contributed by atoms with Crippen LogP contribution >= 0.6 is 24.0 Å². The van der Waals surface area contributed by atoms with Crippen LogP contribution in [0.1, 0.15) is 44.7 Å². The maximum Gasteiger partial charge on any atom is 0.191 e. The van der Waals surface area contributed by atoms with Gasteiger partial charge in [-0.1, -0.05) is 6.07 Å². The molecule has 1 aromatic carbocycles. The number of rotatable bonds is 13. The molecule has 8 heteroatoms. The fourth-order valence-corrected chi connectivity index (χ4v) is 2.61. The predicted molar refractivity (Wildman–Crippen MR) is 125 cm³/mol. The quantitative estimate of drug-likeness (QED) is 0.178. The summed E-state index contributed by atoms with van der Waals surface area (Å²) in [6.07, 6.45) is 3.20. The monoisotopic (exact) mass is 523 g/mol. The normalized spacial score (nSPS) is 14.8. The van der Waals surface area contributed by atoms with Crippen LogP contribution in [0.25, 0.3) is 0 Å². The molecular formula is C21H35FIN3O3. The number of aliphatic imine (C=N–C) groups is 1. The topological polar surface area (TPSA) is 64.1 Å². The van der Waals surface area contributed by atoms with Gasteiger partial charge in [-0.25, -0.2) is 4.39 Å². The standard InChI is InChI=1S/C21H34FN3O3.HI/c1-4-23-21(24-10-5-11-27-13-12-26-3)25-16(2)18-8-9-20(19(22)14-18)28-15-17-6-7-17;/h8-9,14,16-17H,4-7,10-13,15H2,1-3H3,(H2,23,24,25);1H. The Kier molecular flexibility index (Phi) is 13.2. The van der Waals surface area contributed by atoms with E-state index in [1.165, 1.54) is 18.9 Å². The first-order valence-electron chi connectivity index (χ1n) is 10.2. The number of guanidine groups is 1. The second-order valence-corrected chi connectivity index (χ2v) is 7.03. The lowest BCUT2D eigenvalue weighted by molar-refractivity contribution is 0.0702. The van der Waals surface area contributed by atoms with Gasteiger partial charge in [0.1, 0.15) is 0 Å². The van der Waals surface area contributed by atoms with Crippen molar-refractivity contribution in [3.05, 3.63) is 29.6 Å². The van der Waals surface area contributed by atoms with Crippen LogP contribution in [-0.4, -0.2) is 52.6 Å². The van der Waals surface area contributed by atoms with Crippen molar-refractivity contribution in [3.63, 3.8) is 0 Å². The highest BCUT2D eigenvalue weighted by atomic mass is 127. The molecule has 1 aliphatic rings. The summed E-state index contributed by atoms with van der Waals surface area (Å²) in [5.74, 6) is 1.32. The molecule has 0 saturated heterocycles. The van der Waals surface area contributed by atoms with E-state index < -0.39 is 0 Å². The Morgan fingerprint density at radius 3 is 2.72 bits per heavy atom. The first kappa shape index (κ1) is 25.9. The lowest BCUT2D eigenvalue weighted by atomic mass is 10.1. The molecular weight excluding hydrogens is 488 g/mol. The molecule has 0 heterocycles. The minimum atomic E-state index is -0.318. The van der Waals surface area contributed by atoms with Gasteiger partial charge in [0.15, 0.2) is 17.5 Å². The van der Waals surface area contributed by atoms with Crippen molar-refractivity contribution in [2.24, 2.45) is 10.9 Å². The second-order valence-electron chi connectivity index (χ2n) is 7.03. The van der Waals surface area contributed by atoms with Gasteiger partial charge in [0, 0.05) is 26.8 Å². The van der Waals surface area contributed by atoms with Gasteiger partial charge >= 0.3 is 0 Å². The van der Waals surface area contributed by atoms with Crippen molar-refractivity contribution in [1.82, 2.24) is 10.6 Å². The lowest BCUT2D eigenvalue weighted by Gasteiger charge is -2.19. The maximum atomic E-state index is 14.3. The highest BCUT2D eigenvalue weighted by molar-refractivity contribution is 14.0. The summed E-state index contributed by atoms with van der Waals surface area (Å²) in [7, 11) is 1.66. The van der Waals surface area contributed by atoms with E-state index in [9.17, 15) is 4.39 Å². The molecule has 166 valence electrons. The summed E-state index contributed by atoms with van der Waals surface area (Å²) in [4.78, 5) is 4.56. The van der Waals surface area contributed by atoms with E-state index in [-0.39, 0.29) is 35.8 Å². The van der Waals surface area contributed by atoms with Crippen molar-refractivity contribution in [3.8, 4) is 5.75 Å². The third-order valence-corrected chi connectivity index (χ3v) is 4.47. The average Bonchev–Trinajstić information content (AvgIpc) is 3.50. The van der Waals surface area contributed by atoms with E-state index in [2.05, 4.69) is 15.6 Å². The van der Waals surface area contributed by atoms with Crippen LogP contribution in [-0.2, 0) is 9.47 Å². The Balaban J connectivity index is 0.00000420. The largest absolute Gasteiger partial charge is 0.490 e. The molecule has 0 amide bonds. The van der Waals surface area contributed by atoms with E-state index >= 15 is 0 Å². The van der Waals surface area contributed by atoms with Crippen molar-refractivity contribution in [2.75, 3.05) is 46.6 Å². The number of hydrogen-bond donors (Lipinski definition) is 2. The summed E-state index contributed by atoms with van der Waals surface area (Å²) in [5, 5.41) is 6.54. The maximum absolute atomic E-state index is 14.3. The fraction of sp³-hybridized carbons (Fsp3) is 0.667. The molecule has 1 atom stereocenters. The number of nitrogens with zero attached hydrogens (tertiary/aromatic N) is 1. The molecule has 1 saturated carbocycles. The third-order valence-electron chi connectivity index (χ3n) is 4.47. The Morgan fingerprint density at radius 2 is 2.07 bits per heavy atom. The molecule has 1 unspecified atom stereocenters. The van der Waals surface area contributed by atoms with E-state index in [0.717, 1.165) is 18.5 Å². The molecule has 0 aliphatic heterocycles. The second kappa shape index (κ2) is 14.8. The summed E-state index contributed by atoms with van der Waals surface area (Å²) in [6, 6.07) is 5.07. The Bertz CT molecular complexity index is 615. The Morgan fingerprint density at radius 1 is 1.28 bits per heavy atom. The van der Waals surface area contributed by atoms with Crippen LogP contribution in [0.4, 0.5) is 4.39 Å². The van der Waals surface area contributed by atoms with Crippen LogP contribution in [0.2, 0.25) is 0 Å². The zero-order valence-electron chi connectivity index (χ0n) is 17.7. The number of hydrogen-bond acceptors (Lipinski definition) is 4. The van der Waals surface area contributed by atoms with Crippen molar-refractivity contribution >= 4 is 29.9 Å². The number of nitrogens with one attached hydrogen (secondary N) is 2. The molecule has 0 radical (unpaired) electrons. The predicted octanol–water partition coefficient (Wildman–Crippen LogP) is 3.90. The Hall–Kier alpha value is -1.13. The van der Waals surface area contributed by atoms with Crippen LogP contribution in [0.5, 0.6) is 5.75 Å². The van der Waals surface area contributed by atoms with Crippen LogP contribution in [0.3, 0.4) is 0 Å². The summed E-state index contributed by atoms with van der Waals surface area (Å²) < 4.78 is 30.3. The van der Waals surface area contributed by atoms with Gasteiger partial charge in [-0.3, -0.25) is 4.99 Å². The van der Waals surface area contributed by atoms with Gasteiger partial charge in [0.05, 0.1) is 25.9 Å². The number of halogens is 2. The molecule has 0 bridgehead atoms. The molecule has 1 fully saturated rings. The molecule has 29 heavy (non-hydrogen) atoms. The zero-order valence-corrected chi connectivity index (χ0v) is 20.0. The SMILES string of the molecule is CCNC(=NCCCOCCOC)NC(C)c1ccc(OCC2CC2)c(F)c1.I. The van der Waals surface area contributed by atoms with Crippen molar-refractivity contribution in [2.45, 2.75) is 39.2 Å². The molecule has 1 aliphatic carbocycles. The Labute approximate surface area is 191 Å².